The van der Waals surface area contributed by atoms with Crippen LogP contribution in [-0.2, 0) is 14.4 Å². The molecule has 86 heavy (non-hydrogen) atoms. The van der Waals surface area contributed by atoms with E-state index in [1.807, 2.05) is 110 Å². The van der Waals surface area contributed by atoms with Crippen LogP contribution in [0.3, 0.4) is 0 Å². The number of ether oxygens (including phenoxy) is 12. The third kappa shape index (κ3) is 12.6. The molecule has 0 aromatic heterocycles. The third-order valence-electron chi connectivity index (χ3n) is 15.1. The first-order valence-corrected chi connectivity index (χ1v) is 27.3. The molecule has 0 radical (unpaired) electrons. The van der Waals surface area contributed by atoms with Crippen molar-refractivity contribution in [3.63, 3.8) is 0 Å². The van der Waals surface area contributed by atoms with E-state index in [2.05, 4.69) is 0 Å². The number of carboxylic acids is 3. The summed E-state index contributed by atoms with van der Waals surface area (Å²) in [5.74, 6) is -2.99. The maximum atomic E-state index is 12.6. The van der Waals surface area contributed by atoms with E-state index < -0.39 is 61.4 Å². The Kier molecular flexibility index (Phi) is 18.9. The number of benzene rings is 8. The van der Waals surface area contributed by atoms with Crippen LogP contribution in [0.25, 0.3) is 0 Å². The molecule has 8 aromatic carbocycles. The van der Waals surface area contributed by atoms with Crippen molar-refractivity contribution in [3.8, 4) is 69.0 Å². The van der Waals surface area contributed by atoms with Crippen molar-refractivity contribution in [3.05, 3.63) is 212 Å². The first-order chi connectivity index (χ1) is 41.7. The van der Waals surface area contributed by atoms with Crippen LogP contribution in [0.2, 0.25) is 0 Å². The highest BCUT2D eigenvalue weighted by atomic mass is 16.5. The predicted molar refractivity (Wildman–Crippen MR) is 318 cm³/mol. The van der Waals surface area contributed by atoms with E-state index in [1.165, 1.54) is 21.3 Å². The summed E-state index contributed by atoms with van der Waals surface area (Å²) in [6.07, 6.45) is 0. The minimum atomic E-state index is -1.26. The Bertz CT molecular complexity index is 3690. The highest BCUT2D eigenvalue weighted by Crippen LogP contribution is 2.55. The SMILES string of the molecule is CCOc1cc(OC)c2cc1C(c1ccc(OC)cc1)c1cc(c(OCC(=O)O)cc1OC)C(c1ccc(OC)cc1)c1cc(c(OCC(=O)O)cc1OC)C(c1ccc(OC)cc1)c1cc(c(OCC(=O)O)cc1OC)C2c1ccc(OC)cc1. The molecule has 0 aliphatic heterocycles. The van der Waals surface area contributed by atoms with Crippen molar-refractivity contribution in [1.29, 1.82) is 0 Å². The summed E-state index contributed by atoms with van der Waals surface area (Å²) in [7, 11) is 12.3. The van der Waals surface area contributed by atoms with Gasteiger partial charge in [-0.3, -0.25) is 0 Å². The number of rotatable bonds is 23. The fourth-order valence-electron chi connectivity index (χ4n) is 11.3. The smallest absolute Gasteiger partial charge is 0.341 e. The lowest BCUT2D eigenvalue weighted by molar-refractivity contribution is -0.140. The van der Waals surface area contributed by atoms with Crippen molar-refractivity contribution in [2.45, 2.75) is 30.6 Å². The summed E-state index contributed by atoms with van der Waals surface area (Å²) in [6.45, 7) is -0.144. The molecule has 1 aliphatic rings. The lowest BCUT2D eigenvalue weighted by atomic mass is 9.75. The van der Waals surface area contributed by atoms with E-state index in [0.29, 0.717) is 101 Å². The first-order valence-electron chi connectivity index (χ1n) is 27.3. The van der Waals surface area contributed by atoms with E-state index in [0.717, 1.165) is 5.56 Å². The van der Waals surface area contributed by atoms with Gasteiger partial charge in [-0.25, -0.2) is 14.4 Å². The molecule has 1 aliphatic carbocycles. The average Bonchev–Trinajstić information content (AvgIpc) is 1.10. The van der Waals surface area contributed by atoms with Crippen LogP contribution in [0.5, 0.6) is 69.0 Å². The predicted octanol–water partition coefficient (Wildman–Crippen LogP) is 11.6. The monoisotopic (exact) mass is 1170 g/mol. The number of hydrogen-bond donors (Lipinski definition) is 3. The van der Waals surface area contributed by atoms with Gasteiger partial charge in [0.1, 0.15) is 69.0 Å². The van der Waals surface area contributed by atoms with Gasteiger partial charge in [0.05, 0.1) is 63.5 Å². The Hall–Kier alpha value is -10.2. The quantitative estimate of drug-likeness (QED) is 0.0541. The fourth-order valence-corrected chi connectivity index (χ4v) is 11.3. The van der Waals surface area contributed by atoms with Crippen molar-refractivity contribution in [2.24, 2.45) is 0 Å². The lowest BCUT2D eigenvalue weighted by Crippen LogP contribution is -2.18. The first kappa shape index (κ1) is 60.4. The molecule has 4 unspecified atom stereocenters. The molecule has 8 bridgehead atoms. The maximum Gasteiger partial charge on any atom is 0.341 e. The second-order valence-corrected chi connectivity index (χ2v) is 19.8. The van der Waals surface area contributed by atoms with Gasteiger partial charge in [0.2, 0.25) is 0 Å². The zero-order valence-electron chi connectivity index (χ0n) is 49.0. The van der Waals surface area contributed by atoms with E-state index in [1.54, 1.807) is 78.0 Å². The number of methoxy groups -OCH3 is 8. The summed E-state index contributed by atoms with van der Waals surface area (Å²) in [5, 5.41) is 30.9. The number of carbonyl (C=O) groups is 3. The van der Waals surface area contributed by atoms with E-state index in [4.69, 9.17) is 56.8 Å². The van der Waals surface area contributed by atoms with Crippen molar-refractivity contribution in [2.75, 3.05) is 83.3 Å². The van der Waals surface area contributed by atoms with Crippen LogP contribution in [0.1, 0.15) is 97.4 Å². The van der Waals surface area contributed by atoms with E-state index in [-0.39, 0.29) is 35.4 Å². The molecule has 4 atom stereocenters. The van der Waals surface area contributed by atoms with Crippen LogP contribution in [-0.4, -0.2) is 117 Å². The number of aliphatic carboxylic acids is 3. The minimum absolute atomic E-state index is 0.111. The Morgan fingerprint density at radius 1 is 0.291 bits per heavy atom. The van der Waals surface area contributed by atoms with Gasteiger partial charge in [0.15, 0.2) is 19.8 Å². The Balaban J connectivity index is 1.58. The van der Waals surface area contributed by atoms with Crippen LogP contribution >= 0.6 is 0 Å². The number of hydrogen-bond acceptors (Lipinski definition) is 15. The van der Waals surface area contributed by atoms with Gasteiger partial charge in [-0.1, -0.05) is 48.5 Å². The van der Waals surface area contributed by atoms with Crippen molar-refractivity contribution >= 4 is 17.9 Å². The standard InChI is InChI=1S/C68H66O18/c1-10-83-58-31-54(79-6)46-27-50(58)65(38-11-19-42(75-2)20-12-38)47-28-51(59(32-55(47)80-7)84-35-62(69)70)67(40-15-23-44(77-4)24-16-40)49-30-53(61(34-57(49)82-9)86-37-64(73)74)68(41-17-25-45(78-5)26-18-41)48-29-52(60(33-56(48)81-8)85-36-63(71)72)66(46)39-13-21-43(76-3)22-14-39/h11-34,65-68H,10,35-37H2,1-9H3,(H,69,70)(H,71,72)(H,73,74). The molecular formula is C68H66O18. The molecule has 8 aromatic rings. The summed E-state index contributed by atoms with van der Waals surface area (Å²) in [4.78, 5) is 37.9. The second-order valence-electron chi connectivity index (χ2n) is 19.8. The van der Waals surface area contributed by atoms with Gasteiger partial charge >= 0.3 is 17.9 Å². The molecule has 0 spiro atoms. The Labute approximate surface area is 497 Å². The molecule has 446 valence electrons. The van der Waals surface area contributed by atoms with Gasteiger partial charge in [-0.15, -0.1) is 0 Å². The summed E-state index contributed by atoms with van der Waals surface area (Å²) in [5.41, 5.74) is 6.86. The summed E-state index contributed by atoms with van der Waals surface area (Å²) < 4.78 is 74.2. The molecular weight excluding hydrogens is 1100 g/mol. The molecule has 0 heterocycles. The van der Waals surface area contributed by atoms with Crippen LogP contribution in [0.4, 0.5) is 0 Å². The van der Waals surface area contributed by atoms with Gasteiger partial charge in [0, 0.05) is 92.4 Å². The largest absolute Gasteiger partial charge is 0.497 e. The normalized spacial score (nSPS) is 15.0. The molecule has 0 saturated carbocycles. The van der Waals surface area contributed by atoms with Crippen LogP contribution in [0.15, 0.2) is 146 Å². The second kappa shape index (κ2) is 27.0. The van der Waals surface area contributed by atoms with E-state index in [9.17, 15) is 29.7 Å². The van der Waals surface area contributed by atoms with Gasteiger partial charge in [-0.05, 0) is 102 Å². The fraction of sp³-hybridized carbons (Fsp3) is 0.250. The van der Waals surface area contributed by atoms with Crippen molar-refractivity contribution < 1.29 is 86.5 Å². The molecule has 0 fully saturated rings. The Morgan fingerprint density at radius 2 is 0.488 bits per heavy atom. The number of fused-ring (bicyclic) bond motifs is 8. The molecule has 0 amide bonds. The highest BCUT2D eigenvalue weighted by molar-refractivity contribution is 5.72. The lowest BCUT2D eigenvalue weighted by Gasteiger charge is -2.32. The maximum absolute atomic E-state index is 12.6. The molecule has 18 heteroatoms. The highest BCUT2D eigenvalue weighted by Gasteiger charge is 2.37. The average molecular weight is 1170 g/mol. The molecule has 18 nitrogen and oxygen atoms in total. The van der Waals surface area contributed by atoms with Crippen LogP contribution < -0.4 is 56.8 Å². The molecule has 0 saturated heterocycles. The molecule has 3 N–H and O–H groups in total. The zero-order valence-corrected chi connectivity index (χ0v) is 49.0. The summed E-state index contributed by atoms with van der Waals surface area (Å²) in [6, 6.07) is 44.3. The molecule has 9 rings (SSSR count). The van der Waals surface area contributed by atoms with E-state index >= 15 is 0 Å². The van der Waals surface area contributed by atoms with Gasteiger partial charge in [-0.2, -0.15) is 0 Å². The van der Waals surface area contributed by atoms with Gasteiger partial charge < -0.3 is 72.2 Å². The minimum Gasteiger partial charge on any atom is -0.497 e. The van der Waals surface area contributed by atoms with Crippen LogP contribution in [0, 0.1) is 0 Å². The Morgan fingerprint density at radius 3 is 0.663 bits per heavy atom. The third-order valence-corrected chi connectivity index (χ3v) is 15.1. The topological polar surface area (TPSA) is 223 Å². The zero-order chi connectivity index (χ0) is 61.2. The number of carboxylic acid groups (broad SMARTS) is 3. The summed E-state index contributed by atoms with van der Waals surface area (Å²) >= 11 is 0. The van der Waals surface area contributed by atoms with Crippen molar-refractivity contribution in [1.82, 2.24) is 0 Å². The van der Waals surface area contributed by atoms with Gasteiger partial charge in [0.25, 0.3) is 0 Å².